The predicted octanol–water partition coefficient (Wildman–Crippen LogP) is 2.93. The lowest BCUT2D eigenvalue weighted by Gasteiger charge is -2.14. The van der Waals surface area contributed by atoms with Gasteiger partial charge in [0.05, 0.1) is 28.9 Å². The van der Waals surface area contributed by atoms with Gasteiger partial charge in [-0.05, 0) is 29.8 Å². The van der Waals surface area contributed by atoms with E-state index >= 15 is 0 Å². The van der Waals surface area contributed by atoms with Crippen LogP contribution >= 0.6 is 0 Å². The molecule has 0 saturated heterocycles. The molecule has 1 unspecified atom stereocenters. The summed E-state index contributed by atoms with van der Waals surface area (Å²) in [5.41, 5.74) is 0.845. The number of nitro benzene ring substituents is 1. The molecule has 2 aromatic carbocycles. The molecule has 2 aromatic rings. The monoisotopic (exact) mass is 339 g/mol. The number of carboxylic acids is 1. The number of hydrogen-bond donors (Lipinski definition) is 2. The predicted molar refractivity (Wildman–Crippen MR) is 88.1 cm³/mol. The van der Waals surface area contributed by atoms with E-state index in [9.17, 15) is 19.7 Å². The molecule has 0 saturated carbocycles. The van der Waals surface area contributed by atoms with Crippen LogP contribution < -0.4 is 5.32 Å². The number of rotatable bonds is 6. The zero-order valence-electron chi connectivity index (χ0n) is 12.9. The van der Waals surface area contributed by atoms with Gasteiger partial charge in [-0.2, -0.15) is 5.26 Å². The fourth-order valence-electron chi connectivity index (χ4n) is 2.21. The number of nitriles is 1. The van der Waals surface area contributed by atoms with Crippen LogP contribution in [0.4, 0.5) is 11.4 Å². The van der Waals surface area contributed by atoms with Gasteiger partial charge >= 0.3 is 5.97 Å². The second kappa shape index (κ2) is 7.70. The Morgan fingerprint density at radius 3 is 2.24 bits per heavy atom. The van der Waals surface area contributed by atoms with Crippen molar-refractivity contribution < 1.29 is 19.6 Å². The fraction of sp³-hybridized carbons (Fsp3) is 0.118. The van der Waals surface area contributed by atoms with Crippen molar-refractivity contribution in [3.63, 3.8) is 0 Å². The van der Waals surface area contributed by atoms with E-state index in [0.29, 0.717) is 11.3 Å². The summed E-state index contributed by atoms with van der Waals surface area (Å²) in [5, 5.41) is 31.1. The number of non-ortho nitro benzene ring substituents is 1. The van der Waals surface area contributed by atoms with Crippen molar-refractivity contribution in [1.29, 1.82) is 5.26 Å². The fourth-order valence-corrected chi connectivity index (χ4v) is 2.21. The molecule has 0 spiro atoms. The minimum atomic E-state index is -1.08. The molecule has 0 aliphatic carbocycles. The van der Waals surface area contributed by atoms with Crippen LogP contribution in [0.15, 0.2) is 48.5 Å². The van der Waals surface area contributed by atoms with E-state index in [4.69, 9.17) is 10.4 Å². The molecule has 2 N–H and O–H groups in total. The van der Waals surface area contributed by atoms with Crippen molar-refractivity contribution in [3.05, 3.63) is 69.8 Å². The van der Waals surface area contributed by atoms with Crippen molar-refractivity contribution in [1.82, 2.24) is 0 Å². The van der Waals surface area contributed by atoms with Gasteiger partial charge in [-0.1, -0.05) is 12.1 Å². The summed E-state index contributed by atoms with van der Waals surface area (Å²) in [6.45, 7) is 0. The number of carboxylic acid groups (broad SMARTS) is 1. The van der Waals surface area contributed by atoms with E-state index in [2.05, 4.69) is 5.32 Å². The molecule has 8 nitrogen and oxygen atoms in total. The van der Waals surface area contributed by atoms with E-state index in [-0.39, 0.29) is 17.7 Å². The van der Waals surface area contributed by atoms with Crippen LogP contribution in [0.3, 0.4) is 0 Å². The Bertz CT molecular complexity index is 838. The highest BCUT2D eigenvalue weighted by Gasteiger charge is 2.21. The highest BCUT2D eigenvalue weighted by molar-refractivity contribution is 5.96. The van der Waals surface area contributed by atoms with Crippen LogP contribution in [0.1, 0.15) is 28.3 Å². The first-order chi connectivity index (χ1) is 11.9. The number of nitrogens with one attached hydrogen (secondary N) is 1. The summed E-state index contributed by atoms with van der Waals surface area (Å²) in [4.78, 5) is 33.4. The molecule has 0 heterocycles. The summed E-state index contributed by atoms with van der Waals surface area (Å²) in [5.74, 6) is -2.34. The molecular formula is C17H13N3O5. The maximum absolute atomic E-state index is 12.4. The number of aromatic carboxylic acids is 1. The van der Waals surface area contributed by atoms with Crippen LogP contribution in [0.25, 0.3) is 0 Å². The summed E-state index contributed by atoms with van der Waals surface area (Å²) in [6.07, 6.45) is -0.100. The molecule has 126 valence electrons. The number of amides is 1. The lowest BCUT2D eigenvalue weighted by molar-refractivity contribution is -0.384. The van der Waals surface area contributed by atoms with E-state index in [1.54, 1.807) is 0 Å². The van der Waals surface area contributed by atoms with Crippen molar-refractivity contribution >= 4 is 23.3 Å². The Balaban J connectivity index is 2.18. The lowest BCUT2D eigenvalue weighted by atomic mass is 9.95. The molecular weight excluding hydrogens is 326 g/mol. The van der Waals surface area contributed by atoms with Crippen molar-refractivity contribution in [2.75, 3.05) is 5.32 Å². The van der Waals surface area contributed by atoms with Gasteiger partial charge in [0.2, 0.25) is 5.91 Å². The third-order valence-corrected chi connectivity index (χ3v) is 3.52. The summed E-state index contributed by atoms with van der Waals surface area (Å²) >= 11 is 0. The van der Waals surface area contributed by atoms with Crippen LogP contribution in [-0.4, -0.2) is 21.9 Å². The van der Waals surface area contributed by atoms with E-state index in [1.165, 1.54) is 48.5 Å². The van der Waals surface area contributed by atoms with Crippen LogP contribution in [-0.2, 0) is 4.79 Å². The average Bonchev–Trinajstić information content (AvgIpc) is 2.60. The number of carbonyl (C=O) groups excluding carboxylic acids is 1. The topological polar surface area (TPSA) is 133 Å². The average molecular weight is 339 g/mol. The summed E-state index contributed by atoms with van der Waals surface area (Å²) < 4.78 is 0. The third kappa shape index (κ3) is 4.39. The van der Waals surface area contributed by atoms with Crippen molar-refractivity contribution in [2.24, 2.45) is 0 Å². The van der Waals surface area contributed by atoms with Gasteiger partial charge < -0.3 is 10.4 Å². The van der Waals surface area contributed by atoms with Crippen molar-refractivity contribution in [3.8, 4) is 6.07 Å². The number of benzene rings is 2. The number of anilines is 1. The SMILES string of the molecule is N#CCC(C(=O)Nc1ccc(C(=O)O)cc1)c1ccc([N+](=O)[O-])cc1. The molecule has 0 bridgehead atoms. The van der Waals surface area contributed by atoms with Gasteiger partial charge in [-0.15, -0.1) is 0 Å². The molecule has 0 aliphatic rings. The third-order valence-electron chi connectivity index (χ3n) is 3.52. The first kappa shape index (κ1) is 17.6. The Labute approximate surface area is 142 Å². The molecule has 0 aliphatic heterocycles. The quantitative estimate of drug-likeness (QED) is 0.614. The van der Waals surface area contributed by atoms with Gasteiger partial charge in [0.15, 0.2) is 0 Å². The molecule has 0 radical (unpaired) electrons. The molecule has 2 rings (SSSR count). The number of carbonyl (C=O) groups is 2. The minimum absolute atomic E-state index is 0.0851. The Hall–Kier alpha value is -3.73. The Kier molecular flexibility index (Phi) is 5.43. The van der Waals surface area contributed by atoms with Gasteiger partial charge in [0, 0.05) is 17.8 Å². The first-order valence-electron chi connectivity index (χ1n) is 7.18. The second-order valence-electron chi connectivity index (χ2n) is 5.14. The van der Waals surface area contributed by atoms with Gasteiger partial charge in [-0.3, -0.25) is 14.9 Å². The van der Waals surface area contributed by atoms with Crippen LogP contribution in [0.5, 0.6) is 0 Å². The molecule has 1 atom stereocenters. The maximum atomic E-state index is 12.4. The van der Waals surface area contributed by atoms with E-state index in [0.717, 1.165) is 0 Å². The normalized spacial score (nSPS) is 11.2. The van der Waals surface area contributed by atoms with Crippen molar-refractivity contribution in [2.45, 2.75) is 12.3 Å². The largest absolute Gasteiger partial charge is 0.478 e. The minimum Gasteiger partial charge on any atom is -0.478 e. The number of nitro groups is 1. The second-order valence-corrected chi connectivity index (χ2v) is 5.14. The number of nitrogens with zero attached hydrogens (tertiary/aromatic N) is 2. The van der Waals surface area contributed by atoms with Crippen LogP contribution in [0, 0.1) is 21.4 Å². The van der Waals surface area contributed by atoms with E-state index in [1.807, 2.05) is 6.07 Å². The zero-order chi connectivity index (χ0) is 18.4. The number of hydrogen-bond acceptors (Lipinski definition) is 5. The maximum Gasteiger partial charge on any atom is 0.335 e. The molecule has 8 heteroatoms. The molecule has 25 heavy (non-hydrogen) atoms. The highest BCUT2D eigenvalue weighted by atomic mass is 16.6. The van der Waals surface area contributed by atoms with Gasteiger partial charge in [0.1, 0.15) is 0 Å². The smallest absolute Gasteiger partial charge is 0.335 e. The van der Waals surface area contributed by atoms with Gasteiger partial charge in [-0.25, -0.2) is 4.79 Å². The highest BCUT2D eigenvalue weighted by Crippen LogP contribution is 2.24. The Morgan fingerprint density at radius 1 is 1.16 bits per heavy atom. The summed E-state index contributed by atoms with van der Waals surface area (Å²) in [6, 6.07) is 12.9. The molecule has 0 aromatic heterocycles. The molecule has 1 amide bonds. The zero-order valence-corrected chi connectivity index (χ0v) is 12.9. The Morgan fingerprint density at radius 2 is 1.76 bits per heavy atom. The first-order valence-corrected chi connectivity index (χ1v) is 7.18. The standard InChI is InChI=1S/C17H13N3O5/c18-10-9-15(11-3-7-14(8-4-11)20(24)25)16(21)19-13-5-1-12(2-6-13)17(22)23/h1-8,15H,9H2,(H,19,21)(H,22,23). The summed E-state index contributed by atoms with van der Waals surface area (Å²) in [7, 11) is 0. The lowest BCUT2D eigenvalue weighted by Crippen LogP contribution is -2.21. The van der Waals surface area contributed by atoms with Crippen LogP contribution in [0.2, 0.25) is 0 Å². The van der Waals surface area contributed by atoms with E-state index < -0.39 is 22.7 Å². The van der Waals surface area contributed by atoms with Gasteiger partial charge in [0.25, 0.3) is 5.69 Å². The molecule has 0 fully saturated rings.